The minimum Gasteiger partial charge on any atom is -0.497 e. The van der Waals surface area contributed by atoms with Crippen molar-refractivity contribution in [2.45, 2.75) is 6.92 Å². The van der Waals surface area contributed by atoms with Crippen molar-refractivity contribution in [3.05, 3.63) is 107 Å². The van der Waals surface area contributed by atoms with Crippen LogP contribution in [0.15, 0.2) is 90.5 Å². The molecule has 2 amide bonds. The summed E-state index contributed by atoms with van der Waals surface area (Å²) in [6.07, 6.45) is 4.25. The van der Waals surface area contributed by atoms with Crippen LogP contribution in [0.4, 0.5) is 5.69 Å². The van der Waals surface area contributed by atoms with Crippen LogP contribution in [-0.2, 0) is 9.59 Å². The van der Waals surface area contributed by atoms with Crippen LogP contribution in [0.1, 0.15) is 16.7 Å². The lowest BCUT2D eigenvalue weighted by Gasteiger charge is -2.22. The molecule has 5 nitrogen and oxygen atoms in total. The third-order valence-corrected chi connectivity index (χ3v) is 7.72. The Morgan fingerprint density at radius 2 is 1.22 bits per heavy atom. The Kier molecular flexibility index (Phi) is 5.29. The fourth-order valence-corrected chi connectivity index (χ4v) is 6.13. The predicted octanol–water partition coefficient (Wildman–Crippen LogP) is 5.44. The number of nitrogens with zero attached hydrogens (tertiary/aromatic N) is 1. The van der Waals surface area contributed by atoms with Crippen LogP contribution in [0.2, 0.25) is 0 Å². The second kappa shape index (κ2) is 8.52. The van der Waals surface area contributed by atoms with Crippen LogP contribution >= 0.6 is 0 Å². The van der Waals surface area contributed by atoms with Crippen molar-refractivity contribution in [3.8, 4) is 11.5 Å². The highest BCUT2D eigenvalue weighted by Gasteiger charge is 2.62. The van der Waals surface area contributed by atoms with Crippen LogP contribution < -0.4 is 14.4 Å². The molecule has 2 aliphatic carbocycles. The lowest BCUT2D eigenvalue weighted by Crippen LogP contribution is -2.33. The van der Waals surface area contributed by atoms with E-state index in [0.29, 0.717) is 5.69 Å². The van der Waals surface area contributed by atoms with Crippen molar-refractivity contribution in [2.24, 2.45) is 23.7 Å². The summed E-state index contributed by atoms with van der Waals surface area (Å²) in [4.78, 5) is 28.9. The number of rotatable bonds is 5. The fraction of sp³-hybridized carbons (Fsp3) is 0.226. The number of imide groups is 1. The van der Waals surface area contributed by atoms with Gasteiger partial charge in [-0.1, -0.05) is 48.6 Å². The molecular weight excluding hydrogens is 450 g/mol. The Morgan fingerprint density at radius 1 is 0.722 bits per heavy atom. The zero-order valence-electron chi connectivity index (χ0n) is 20.5. The Hall–Kier alpha value is -4.12. The van der Waals surface area contributed by atoms with Crippen molar-refractivity contribution in [2.75, 3.05) is 19.1 Å². The summed E-state index contributed by atoms with van der Waals surface area (Å²) in [6.45, 7) is 1.97. The molecule has 3 aromatic rings. The molecule has 4 atom stereocenters. The Labute approximate surface area is 210 Å². The van der Waals surface area contributed by atoms with Gasteiger partial charge in [-0.25, -0.2) is 4.90 Å². The van der Waals surface area contributed by atoms with Gasteiger partial charge in [-0.15, -0.1) is 0 Å². The van der Waals surface area contributed by atoms with Crippen LogP contribution in [-0.4, -0.2) is 26.0 Å². The first-order valence-electron chi connectivity index (χ1n) is 12.2. The molecule has 36 heavy (non-hydrogen) atoms. The van der Waals surface area contributed by atoms with Gasteiger partial charge in [0.05, 0.1) is 31.7 Å². The maximum absolute atomic E-state index is 13.7. The smallest absolute Gasteiger partial charge is 0.238 e. The van der Waals surface area contributed by atoms with E-state index in [2.05, 4.69) is 12.2 Å². The van der Waals surface area contributed by atoms with Crippen molar-refractivity contribution in [3.63, 3.8) is 0 Å². The van der Waals surface area contributed by atoms with E-state index in [1.54, 1.807) is 14.2 Å². The molecule has 6 rings (SSSR count). The summed E-state index contributed by atoms with van der Waals surface area (Å²) >= 11 is 0. The van der Waals surface area contributed by atoms with Crippen molar-refractivity contribution >= 4 is 23.1 Å². The Morgan fingerprint density at radius 3 is 1.67 bits per heavy atom. The largest absolute Gasteiger partial charge is 0.497 e. The average molecular weight is 478 g/mol. The zero-order chi connectivity index (χ0) is 25.0. The molecule has 0 spiro atoms. The molecule has 1 aliphatic heterocycles. The Balaban J connectivity index is 1.48. The topological polar surface area (TPSA) is 55.8 Å². The van der Waals surface area contributed by atoms with Crippen molar-refractivity contribution in [1.82, 2.24) is 0 Å². The number of ether oxygens (including phenoxy) is 2. The Bertz CT molecular complexity index is 1330. The lowest BCUT2D eigenvalue weighted by molar-refractivity contribution is -0.122. The van der Waals surface area contributed by atoms with Crippen LogP contribution in [0, 0.1) is 30.6 Å². The van der Waals surface area contributed by atoms with Crippen LogP contribution in [0.25, 0.3) is 5.57 Å². The molecule has 2 fully saturated rings. The van der Waals surface area contributed by atoms with E-state index in [1.807, 2.05) is 79.7 Å². The monoisotopic (exact) mass is 477 g/mol. The minimum atomic E-state index is -0.380. The van der Waals surface area contributed by atoms with Gasteiger partial charge in [0, 0.05) is 11.8 Å². The van der Waals surface area contributed by atoms with Gasteiger partial charge in [0.15, 0.2) is 0 Å². The number of hydrogen-bond acceptors (Lipinski definition) is 4. The number of methoxy groups -OCH3 is 2. The maximum Gasteiger partial charge on any atom is 0.238 e. The highest BCUT2D eigenvalue weighted by Crippen LogP contribution is 2.59. The van der Waals surface area contributed by atoms with Crippen LogP contribution in [0.5, 0.6) is 11.5 Å². The summed E-state index contributed by atoms with van der Waals surface area (Å²) in [5.74, 6) is 0.352. The number of allylic oxidation sites excluding steroid dienone is 3. The molecule has 3 aromatic carbocycles. The number of aryl methyl sites for hydroxylation is 1. The second-order valence-corrected chi connectivity index (χ2v) is 9.63. The molecule has 0 N–H and O–H groups in total. The van der Waals surface area contributed by atoms with E-state index in [4.69, 9.17) is 9.47 Å². The summed E-state index contributed by atoms with van der Waals surface area (Å²) in [6, 6.07) is 23.6. The molecular formula is C31H27NO4. The van der Waals surface area contributed by atoms with Crippen molar-refractivity contribution in [1.29, 1.82) is 0 Å². The minimum absolute atomic E-state index is 0.103. The highest BCUT2D eigenvalue weighted by molar-refractivity contribution is 6.23. The van der Waals surface area contributed by atoms with Gasteiger partial charge < -0.3 is 9.47 Å². The fourth-order valence-electron chi connectivity index (χ4n) is 6.13. The van der Waals surface area contributed by atoms with Gasteiger partial charge in [0.1, 0.15) is 11.5 Å². The third kappa shape index (κ3) is 3.30. The first-order chi connectivity index (χ1) is 17.5. The molecule has 0 radical (unpaired) electrons. The van der Waals surface area contributed by atoms with E-state index >= 15 is 0 Å². The molecule has 0 aromatic heterocycles. The average Bonchev–Trinajstić information content (AvgIpc) is 3.54. The van der Waals surface area contributed by atoms with Gasteiger partial charge >= 0.3 is 0 Å². The first kappa shape index (κ1) is 22.4. The molecule has 1 heterocycles. The summed E-state index contributed by atoms with van der Waals surface area (Å²) < 4.78 is 10.8. The normalized spacial score (nSPS) is 23.9. The number of hydrogen-bond donors (Lipinski definition) is 0. The number of carbonyl (C=O) groups excluding carboxylic acids is 2. The summed E-state index contributed by atoms with van der Waals surface area (Å²) in [7, 11) is 3.30. The molecule has 2 bridgehead atoms. The predicted molar refractivity (Wildman–Crippen MR) is 139 cm³/mol. The number of carbonyl (C=O) groups is 2. The number of amides is 2. The standard InChI is InChI=1S/C31H27NO4/c1-18-5-4-6-21(17-18)32-30(33)28-24-15-16-25(29(28)31(32)34)27(24)26(19-7-11-22(35-2)12-8-19)20-9-13-23(36-3)14-10-20/h4-17,24-25,28-29H,1-3H3/t24-,25+,28-,29-/m0/s1. The molecule has 180 valence electrons. The molecule has 1 saturated heterocycles. The van der Waals surface area contributed by atoms with E-state index < -0.39 is 0 Å². The molecule has 5 heteroatoms. The van der Waals surface area contributed by atoms with Gasteiger partial charge in [-0.3, -0.25) is 9.59 Å². The zero-order valence-corrected chi connectivity index (χ0v) is 20.5. The van der Waals surface area contributed by atoms with E-state index in [0.717, 1.165) is 39.3 Å². The number of anilines is 1. The van der Waals surface area contributed by atoms with Gasteiger partial charge in [0.25, 0.3) is 0 Å². The number of benzene rings is 3. The SMILES string of the molecule is COc1ccc(C(=C2[C@H]3C=C[C@@H]2[C@@H]2C(=O)N(c4cccc(C)c4)C(=O)[C@H]23)c2ccc(OC)cc2)cc1. The highest BCUT2D eigenvalue weighted by atomic mass is 16.5. The van der Waals surface area contributed by atoms with E-state index in [-0.39, 0.29) is 35.5 Å². The quantitative estimate of drug-likeness (QED) is 0.363. The molecule has 3 aliphatic rings. The maximum atomic E-state index is 13.7. The number of fused-ring (bicyclic) bond motifs is 5. The van der Waals surface area contributed by atoms with E-state index in [1.165, 1.54) is 4.90 Å². The van der Waals surface area contributed by atoms with E-state index in [9.17, 15) is 9.59 Å². The second-order valence-electron chi connectivity index (χ2n) is 9.63. The summed E-state index contributed by atoms with van der Waals surface area (Å²) in [5.41, 5.74) is 5.96. The molecule has 0 unspecified atom stereocenters. The van der Waals surface area contributed by atoms with Crippen LogP contribution in [0.3, 0.4) is 0 Å². The molecule has 1 saturated carbocycles. The first-order valence-corrected chi connectivity index (χ1v) is 12.2. The van der Waals surface area contributed by atoms with Gasteiger partial charge in [0.2, 0.25) is 11.8 Å². The third-order valence-electron chi connectivity index (χ3n) is 7.72. The summed E-state index contributed by atoms with van der Waals surface area (Å²) in [5, 5.41) is 0. The van der Waals surface area contributed by atoms with Gasteiger partial charge in [-0.2, -0.15) is 0 Å². The van der Waals surface area contributed by atoms with Crippen molar-refractivity contribution < 1.29 is 19.1 Å². The lowest BCUT2D eigenvalue weighted by atomic mass is 9.85. The van der Waals surface area contributed by atoms with Gasteiger partial charge in [-0.05, 0) is 71.2 Å².